The van der Waals surface area contributed by atoms with E-state index in [1.807, 2.05) is 6.07 Å². The molecule has 0 amide bonds. The maximum absolute atomic E-state index is 14.8. The molecule has 3 aromatic rings. The van der Waals surface area contributed by atoms with Crippen LogP contribution in [0.2, 0.25) is 0 Å². The van der Waals surface area contributed by atoms with E-state index in [1.54, 1.807) is 41.6 Å². The van der Waals surface area contributed by atoms with Gasteiger partial charge in [-0.25, -0.2) is 14.4 Å². The Morgan fingerprint density at radius 1 is 1.28 bits per heavy atom. The number of imidazole rings is 1. The Hall–Kier alpha value is -3.13. The molecule has 7 nitrogen and oxygen atoms in total. The number of halogens is 1. The van der Waals surface area contributed by atoms with Gasteiger partial charge in [-0.1, -0.05) is 6.58 Å². The number of fused-ring (bicyclic) bond motifs is 2. The Bertz CT molecular complexity index is 1040. The van der Waals surface area contributed by atoms with E-state index in [4.69, 9.17) is 0 Å². The molecule has 2 aliphatic heterocycles. The van der Waals surface area contributed by atoms with E-state index in [0.717, 1.165) is 24.9 Å². The maximum Gasteiger partial charge on any atom is 0.185 e. The smallest absolute Gasteiger partial charge is 0.185 e. The molecule has 8 heteroatoms. The lowest BCUT2D eigenvalue weighted by molar-refractivity contribution is 0.167. The second-order valence-corrected chi connectivity index (χ2v) is 7.70. The standard InChI is InChI=1S/C21H21FN6O/c1-12(16-8-13-2-5-17(25-13)20(16)22)18-10-24-21(27-26-18)15-4-3-14(9-19(15)29)28-7-6-23-11-28/h3-4,6-7,9-11,13,16-17,20,25,29H,1-2,5,8H2/t13?,16?,17?,20-/m1/s1. The van der Waals surface area contributed by atoms with Gasteiger partial charge in [-0.05, 0) is 37.0 Å². The van der Waals surface area contributed by atoms with Gasteiger partial charge in [-0.15, -0.1) is 10.2 Å². The van der Waals surface area contributed by atoms with Crippen LogP contribution in [0.5, 0.6) is 5.75 Å². The van der Waals surface area contributed by atoms with Crippen molar-refractivity contribution < 1.29 is 9.50 Å². The molecule has 0 aliphatic carbocycles. The molecule has 148 valence electrons. The fraction of sp³-hybridized carbons (Fsp3) is 0.333. The SMILES string of the molecule is C=C(c1cnc(-c2ccc(-n3ccnc3)cc2O)nn1)C1CC2CCC(N2)[C@@H]1F. The first kappa shape index (κ1) is 17.9. The highest BCUT2D eigenvalue weighted by atomic mass is 19.1. The van der Waals surface area contributed by atoms with Crippen LogP contribution in [-0.2, 0) is 0 Å². The summed E-state index contributed by atoms with van der Waals surface area (Å²) in [5.41, 5.74) is 2.39. The number of phenols is 1. The van der Waals surface area contributed by atoms with Gasteiger partial charge in [0.1, 0.15) is 17.6 Å². The molecule has 1 aromatic carbocycles. The Labute approximate surface area is 167 Å². The van der Waals surface area contributed by atoms with Crippen molar-refractivity contribution in [2.75, 3.05) is 0 Å². The van der Waals surface area contributed by atoms with E-state index in [9.17, 15) is 9.50 Å². The van der Waals surface area contributed by atoms with E-state index < -0.39 is 6.17 Å². The van der Waals surface area contributed by atoms with E-state index >= 15 is 0 Å². The van der Waals surface area contributed by atoms with Crippen molar-refractivity contribution in [3.63, 3.8) is 0 Å². The number of hydrogen-bond donors (Lipinski definition) is 2. The van der Waals surface area contributed by atoms with E-state index in [2.05, 4.69) is 32.1 Å². The molecule has 29 heavy (non-hydrogen) atoms. The molecule has 2 fully saturated rings. The van der Waals surface area contributed by atoms with Gasteiger partial charge in [-0.2, -0.15) is 0 Å². The number of allylic oxidation sites excluding steroid dienone is 1. The van der Waals surface area contributed by atoms with Gasteiger partial charge in [0.2, 0.25) is 0 Å². The number of phenolic OH excluding ortho intramolecular Hbond substituents is 1. The summed E-state index contributed by atoms with van der Waals surface area (Å²) in [6.45, 7) is 4.09. The molecule has 0 spiro atoms. The molecule has 2 aromatic heterocycles. The van der Waals surface area contributed by atoms with Crippen LogP contribution in [0.25, 0.3) is 22.6 Å². The molecule has 4 atom stereocenters. The van der Waals surface area contributed by atoms with Crippen LogP contribution in [0.1, 0.15) is 25.0 Å². The second-order valence-electron chi connectivity index (χ2n) is 7.70. The van der Waals surface area contributed by atoms with Gasteiger partial charge in [0.15, 0.2) is 5.82 Å². The molecule has 2 N–H and O–H groups in total. The van der Waals surface area contributed by atoms with Gasteiger partial charge in [0.05, 0.1) is 23.8 Å². The Morgan fingerprint density at radius 3 is 2.90 bits per heavy atom. The van der Waals surface area contributed by atoms with Crippen LogP contribution < -0.4 is 5.32 Å². The number of nitrogens with one attached hydrogen (secondary N) is 1. The molecule has 0 radical (unpaired) electrons. The summed E-state index contributed by atoms with van der Waals surface area (Å²) in [6.07, 6.45) is 8.29. The van der Waals surface area contributed by atoms with Crippen molar-refractivity contribution in [3.8, 4) is 22.8 Å². The molecule has 0 saturated carbocycles. The number of hydrogen-bond acceptors (Lipinski definition) is 6. The molecule has 2 bridgehead atoms. The molecular formula is C21H21FN6O. The highest BCUT2D eigenvalue weighted by Crippen LogP contribution is 2.39. The maximum atomic E-state index is 14.8. The zero-order valence-electron chi connectivity index (χ0n) is 15.7. The number of aromatic hydroxyl groups is 1. The molecule has 2 saturated heterocycles. The number of alkyl halides is 1. The quantitative estimate of drug-likeness (QED) is 0.710. The summed E-state index contributed by atoms with van der Waals surface area (Å²) in [7, 11) is 0. The lowest BCUT2D eigenvalue weighted by atomic mass is 9.84. The number of rotatable bonds is 4. The fourth-order valence-corrected chi connectivity index (χ4v) is 4.36. The number of benzene rings is 1. The summed E-state index contributed by atoms with van der Waals surface area (Å²) in [6, 6.07) is 5.44. The average molecular weight is 392 g/mol. The Balaban J connectivity index is 1.37. The van der Waals surface area contributed by atoms with Crippen molar-refractivity contribution >= 4 is 5.57 Å². The van der Waals surface area contributed by atoms with Crippen LogP contribution in [0.4, 0.5) is 4.39 Å². The summed E-state index contributed by atoms with van der Waals surface area (Å²) < 4.78 is 16.6. The minimum Gasteiger partial charge on any atom is -0.507 e. The van der Waals surface area contributed by atoms with Crippen molar-refractivity contribution in [2.24, 2.45) is 5.92 Å². The van der Waals surface area contributed by atoms with Crippen molar-refractivity contribution in [3.05, 3.63) is 55.4 Å². The number of piperidine rings is 1. The molecule has 4 heterocycles. The first-order valence-electron chi connectivity index (χ1n) is 9.71. The van der Waals surface area contributed by atoms with E-state index in [-0.39, 0.29) is 17.7 Å². The third kappa shape index (κ3) is 3.19. The average Bonchev–Trinajstić information content (AvgIpc) is 3.41. The summed E-state index contributed by atoms with van der Waals surface area (Å²) in [5, 5.41) is 22.1. The van der Waals surface area contributed by atoms with E-state index in [1.165, 1.54) is 0 Å². The van der Waals surface area contributed by atoms with Crippen LogP contribution in [0.3, 0.4) is 0 Å². The van der Waals surface area contributed by atoms with Crippen LogP contribution in [0, 0.1) is 5.92 Å². The summed E-state index contributed by atoms with van der Waals surface area (Å²) in [5.74, 6) is 0.0836. The summed E-state index contributed by atoms with van der Waals surface area (Å²) in [4.78, 5) is 8.34. The first-order valence-corrected chi connectivity index (χ1v) is 9.71. The molecule has 5 rings (SSSR count). The minimum atomic E-state index is -0.970. The number of nitrogens with zero attached hydrogens (tertiary/aromatic N) is 5. The highest BCUT2D eigenvalue weighted by molar-refractivity contribution is 5.67. The topological polar surface area (TPSA) is 88.8 Å². The highest BCUT2D eigenvalue weighted by Gasteiger charge is 2.43. The Kier molecular flexibility index (Phi) is 4.35. The monoisotopic (exact) mass is 392 g/mol. The third-order valence-electron chi connectivity index (χ3n) is 5.95. The van der Waals surface area contributed by atoms with Gasteiger partial charge in [0, 0.05) is 36.5 Å². The molecule has 2 aliphatic rings. The van der Waals surface area contributed by atoms with E-state index in [0.29, 0.717) is 28.7 Å². The van der Waals surface area contributed by atoms with Crippen molar-refractivity contribution in [1.82, 2.24) is 30.0 Å². The fourth-order valence-electron chi connectivity index (χ4n) is 4.36. The van der Waals surface area contributed by atoms with Crippen molar-refractivity contribution in [1.29, 1.82) is 0 Å². The van der Waals surface area contributed by atoms with Crippen LogP contribution >= 0.6 is 0 Å². The first-order chi connectivity index (χ1) is 14.1. The molecular weight excluding hydrogens is 371 g/mol. The van der Waals surface area contributed by atoms with Gasteiger partial charge in [-0.3, -0.25) is 0 Å². The lowest BCUT2D eigenvalue weighted by Crippen LogP contribution is -2.47. The zero-order chi connectivity index (χ0) is 20.0. The third-order valence-corrected chi connectivity index (χ3v) is 5.95. The van der Waals surface area contributed by atoms with Crippen LogP contribution in [-0.4, -0.2) is 48.1 Å². The zero-order valence-corrected chi connectivity index (χ0v) is 15.7. The molecule has 3 unspecified atom stereocenters. The van der Waals surface area contributed by atoms with Crippen LogP contribution in [0.15, 0.2) is 49.7 Å². The van der Waals surface area contributed by atoms with Gasteiger partial charge in [0.25, 0.3) is 0 Å². The predicted molar refractivity (Wildman–Crippen MR) is 106 cm³/mol. The minimum absolute atomic E-state index is 0.0447. The van der Waals surface area contributed by atoms with Crippen molar-refractivity contribution in [2.45, 2.75) is 37.5 Å². The largest absolute Gasteiger partial charge is 0.507 e. The summed E-state index contributed by atoms with van der Waals surface area (Å²) >= 11 is 0. The predicted octanol–water partition coefficient (Wildman–Crippen LogP) is 2.92. The lowest BCUT2D eigenvalue weighted by Gasteiger charge is -2.33. The van der Waals surface area contributed by atoms with Gasteiger partial charge >= 0.3 is 0 Å². The second kappa shape index (κ2) is 7.04. The normalized spacial score (nSPS) is 25.8. The number of aromatic nitrogens is 5. The Morgan fingerprint density at radius 2 is 2.17 bits per heavy atom. The van der Waals surface area contributed by atoms with Gasteiger partial charge < -0.3 is 15.0 Å².